The Morgan fingerprint density at radius 2 is 1.16 bits per heavy atom. The van der Waals surface area contributed by atoms with Gasteiger partial charge >= 0.3 is 0 Å². The largest absolute Gasteiger partial charge is 0.456 e. The molecular formula is C46H32N2O2. The number of nitrogens with zero attached hydrogens (tertiary/aromatic N) is 2. The van der Waals surface area contributed by atoms with Gasteiger partial charge in [-0.3, -0.25) is 0 Å². The van der Waals surface area contributed by atoms with Crippen molar-refractivity contribution in [2.45, 2.75) is 19.3 Å². The van der Waals surface area contributed by atoms with E-state index in [0.29, 0.717) is 11.5 Å². The molecule has 238 valence electrons. The van der Waals surface area contributed by atoms with E-state index in [4.69, 9.17) is 13.8 Å². The molecule has 0 bridgehead atoms. The molecule has 7 aromatic carbocycles. The van der Waals surface area contributed by atoms with Crippen LogP contribution in [0.4, 0.5) is 17.1 Å². The number of fused-ring (bicyclic) bond motifs is 7. The van der Waals surface area contributed by atoms with Crippen molar-refractivity contribution in [1.29, 1.82) is 0 Å². The summed E-state index contributed by atoms with van der Waals surface area (Å²) >= 11 is 0. The highest BCUT2D eigenvalue weighted by Crippen LogP contribution is 2.53. The molecule has 2 aromatic heterocycles. The molecule has 4 nitrogen and oxygen atoms in total. The molecule has 0 saturated heterocycles. The van der Waals surface area contributed by atoms with Gasteiger partial charge in [0.05, 0.1) is 5.39 Å². The molecule has 0 unspecified atom stereocenters. The van der Waals surface area contributed by atoms with Crippen molar-refractivity contribution >= 4 is 50.1 Å². The smallest absolute Gasteiger partial charge is 0.227 e. The Morgan fingerprint density at radius 3 is 1.96 bits per heavy atom. The molecule has 4 heteroatoms. The molecule has 0 aliphatic heterocycles. The van der Waals surface area contributed by atoms with E-state index in [1.165, 1.54) is 27.8 Å². The van der Waals surface area contributed by atoms with Crippen LogP contribution in [0.5, 0.6) is 0 Å². The zero-order valence-electron chi connectivity index (χ0n) is 27.7. The average molecular weight is 645 g/mol. The molecule has 10 rings (SSSR count). The molecule has 0 spiro atoms. The van der Waals surface area contributed by atoms with E-state index in [0.717, 1.165) is 55.6 Å². The van der Waals surface area contributed by atoms with Crippen molar-refractivity contribution < 1.29 is 8.83 Å². The molecule has 0 N–H and O–H groups in total. The number of hydrogen-bond donors (Lipinski definition) is 0. The number of benzene rings is 7. The lowest BCUT2D eigenvalue weighted by molar-refractivity contribution is 0.620. The van der Waals surface area contributed by atoms with Crippen LogP contribution in [0.2, 0.25) is 0 Å². The van der Waals surface area contributed by atoms with E-state index < -0.39 is 0 Å². The molecule has 1 aliphatic carbocycles. The maximum absolute atomic E-state index is 6.82. The van der Waals surface area contributed by atoms with Crippen LogP contribution < -0.4 is 4.90 Å². The number of hydrogen-bond acceptors (Lipinski definition) is 4. The predicted octanol–water partition coefficient (Wildman–Crippen LogP) is 12.8. The highest BCUT2D eigenvalue weighted by molar-refractivity contribution is 6.20. The van der Waals surface area contributed by atoms with Crippen molar-refractivity contribution in [2.24, 2.45) is 0 Å². The van der Waals surface area contributed by atoms with Crippen LogP contribution >= 0.6 is 0 Å². The van der Waals surface area contributed by atoms with Crippen LogP contribution in [0.3, 0.4) is 0 Å². The molecule has 0 atom stereocenters. The lowest BCUT2D eigenvalue weighted by Gasteiger charge is -2.28. The molecule has 0 saturated carbocycles. The Balaban J connectivity index is 1.29. The quantitative estimate of drug-likeness (QED) is 0.187. The fourth-order valence-electron chi connectivity index (χ4n) is 7.85. The van der Waals surface area contributed by atoms with Crippen LogP contribution in [0, 0.1) is 0 Å². The number of rotatable bonds is 5. The lowest BCUT2D eigenvalue weighted by Crippen LogP contribution is -2.15. The molecular weight excluding hydrogens is 613 g/mol. The molecule has 9 aromatic rings. The van der Waals surface area contributed by atoms with Gasteiger partial charge < -0.3 is 13.7 Å². The summed E-state index contributed by atoms with van der Waals surface area (Å²) in [6, 6.07) is 55.3. The second-order valence-electron chi connectivity index (χ2n) is 13.6. The van der Waals surface area contributed by atoms with Crippen molar-refractivity contribution in [3.8, 4) is 33.7 Å². The van der Waals surface area contributed by atoms with Gasteiger partial charge in [-0.15, -0.1) is 0 Å². The Hall–Kier alpha value is -6.39. The second-order valence-corrected chi connectivity index (χ2v) is 13.6. The van der Waals surface area contributed by atoms with Crippen LogP contribution in [0.25, 0.3) is 66.7 Å². The zero-order valence-corrected chi connectivity index (χ0v) is 27.7. The number of oxazole rings is 1. The summed E-state index contributed by atoms with van der Waals surface area (Å²) < 4.78 is 13.4. The first kappa shape index (κ1) is 28.6. The van der Waals surface area contributed by atoms with Gasteiger partial charge in [0.25, 0.3) is 0 Å². The SMILES string of the molecule is CC1(C)c2ccccc2-c2cc(N(c3ccc(-c4ccccc4)cc3)c3c4oc(-c5ccccc5)nc4cc4oc5ccccc5c34)ccc21. The van der Waals surface area contributed by atoms with E-state index >= 15 is 0 Å². The highest BCUT2D eigenvalue weighted by atomic mass is 16.4. The van der Waals surface area contributed by atoms with Crippen LogP contribution in [0.1, 0.15) is 25.0 Å². The van der Waals surface area contributed by atoms with Crippen LogP contribution in [0.15, 0.2) is 167 Å². The van der Waals surface area contributed by atoms with Gasteiger partial charge in [-0.05, 0) is 75.8 Å². The molecule has 0 radical (unpaired) electrons. The third kappa shape index (κ3) is 4.28. The lowest BCUT2D eigenvalue weighted by atomic mass is 9.82. The van der Waals surface area contributed by atoms with Gasteiger partial charge in [-0.1, -0.05) is 123 Å². The van der Waals surface area contributed by atoms with Gasteiger partial charge in [-0.2, -0.15) is 0 Å². The molecule has 0 fully saturated rings. The Bertz CT molecular complexity index is 2720. The predicted molar refractivity (Wildman–Crippen MR) is 204 cm³/mol. The van der Waals surface area contributed by atoms with Gasteiger partial charge in [0.1, 0.15) is 22.4 Å². The fraction of sp³-hybridized carbons (Fsp3) is 0.0652. The minimum absolute atomic E-state index is 0.101. The molecule has 2 heterocycles. The average Bonchev–Trinajstić information content (AvgIpc) is 3.83. The van der Waals surface area contributed by atoms with E-state index in [2.05, 4.69) is 128 Å². The van der Waals surface area contributed by atoms with Crippen LogP contribution in [-0.4, -0.2) is 4.98 Å². The number of furan rings is 1. The van der Waals surface area contributed by atoms with Crippen molar-refractivity contribution in [3.05, 3.63) is 169 Å². The normalized spacial score (nSPS) is 13.2. The fourth-order valence-corrected chi connectivity index (χ4v) is 7.85. The zero-order chi connectivity index (χ0) is 33.4. The summed E-state index contributed by atoms with van der Waals surface area (Å²) in [6.45, 7) is 4.64. The third-order valence-corrected chi connectivity index (χ3v) is 10.3. The number of anilines is 3. The second kappa shape index (κ2) is 10.8. The summed E-state index contributed by atoms with van der Waals surface area (Å²) in [5.41, 5.74) is 14.3. The highest BCUT2D eigenvalue weighted by Gasteiger charge is 2.36. The summed E-state index contributed by atoms with van der Waals surface area (Å²) in [4.78, 5) is 7.37. The molecule has 50 heavy (non-hydrogen) atoms. The monoisotopic (exact) mass is 644 g/mol. The number of para-hydroxylation sites is 1. The minimum atomic E-state index is -0.101. The summed E-state index contributed by atoms with van der Waals surface area (Å²) in [7, 11) is 0. The molecule has 0 amide bonds. The van der Waals surface area contributed by atoms with Crippen molar-refractivity contribution in [1.82, 2.24) is 4.98 Å². The van der Waals surface area contributed by atoms with Gasteiger partial charge in [0.2, 0.25) is 5.89 Å². The summed E-state index contributed by atoms with van der Waals surface area (Å²) in [5.74, 6) is 0.572. The standard InChI is InChI=1S/C46H32N2O2/c1-46(2)37-19-11-9-17-34(37)36-27-33(25-26-38(36)46)48(32-23-21-30(22-24-32)29-13-5-3-6-14-29)43-42-35-18-10-12-20-40(35)49-41(42)28-39-44(43)50-45(47-39)31-15-7-4-8-16-31/h3-28H,1-2H3. The number of aromatic nitrogens is 1. The maximum atomic E-state index is 6.82. The Labute approximate surface area is 289 Å². The van der Waals surface area contributed by atoms with Gasteiger partial charge in [0, 0.05) is 33.8 Å². The Kier molecular flexibility index (Phi) is 6.19. The minimum Gasteiger partial charge on any atom is -0.456 e. The van der Waals surface area contributed by atoms with E-state index in [1.54, 1.807) is 0 Å². The molecule has 1 aliphatic rings. The van der Waals surface area contributed by atoms with Gasteiger partial charge in [-0.25, -0.2) is 4.98 Å². The van der Waals surface area contributed by atoms with E-state index in [-0.39, 0.29) is 5.41 Å². The van der Waals surface area contributed by atoms with Crippen molar-refractivity contribution in [2.75, 3.05) is 4.90 Å². The maximum Gasteiger partial charge on any atom is 0.227 e. The third-order valence-electron chi connectivity index (χ3n) is 10.3. The first-order chi connectivity index (χ1) is 24.5. The first-order valence-electron chi connectivity index (χ1n) is 17.0. The summed E-state index contributed by atoms with van der Waals surface area (Å²) in [6.07, 6.45) is 0. The van der Waals surface area contributed by atoms with E-state index in [9.17, 15) is 0 Å². The summed E-state index contributed by atoms with van der Waals surface area (Å²) in [5, 5.41) is 2.01. The van der Waals surface area contributed by atoms with E-state index in [1.807, 2.05) is 48.5 Å². The van der Waals surface area contributed by atoms with Gasteiger partial charge in [0.15, 0.2) is 5.58 Å². The topological polar surface area (TPSA) is 42.4 Å². The Morgan fingerprint density at radius 1 is 0.520 bits per heavy atom. The first-order valence-corrected chi connectivity index (χ1v) is 17.0. The van der Waals surface area contributed by atoms with Crippen molar-refractivity contribution in [3.63, 3.8) is 0 Å². The van der Waals surface area contributed by atoms with Crippen LogP contribution in [-0.2, 0) is 5.41 Å².